The summed E-state index contributed by atoms with van der Waals surface area (Å²) in [6, 6.07) is 12.7. The first-order valence-electron chi connectivity index (χ1n) is 8.21. The maximum Gasteiger partial charge on any atom is 0.130 e. The van der Waals surface area contributed by atoms with Gasteiger partial charge in [0.2, 0.25) is 0 Å². The lowest BCUT2D eigenvalue weighted by Crippen LogP contribution is -2.07. The SMILES string of the molecule is CO/C1=C(\C)c2c(C)cccc2/C(OC)=C(/C)c2c(C)cccc21. The number of fused-ring (bicyclic) bond motifs is 2. The summed E-state index contributed by atoms with van der Waals surface area (Å²) in [6.45, 7) is 8.53. The molecule has 24 heavy (non-hydrogen) atoms. The van der Waals surface area contributed by atoms with Crippen molar-refractivity contribution >= 4 is 22.7 Å². The summed E-state index contributed by atoms with van der Waals surface area (Å²) in [4.78, 5) is 0. The van der Waals surface area contributed by atoms with Crippen molar-refractivity contribution in [3.63, 3.8) is 0 Å². The Balaban J connectivity index is 2.54. The first-order chi connectivity index (χ1) is 11.5. The van der Waals surface area contributed by atoms with Gasteiger partial charge in [0.05, 0.1) is 14.2 Å². The van der Waals surface area contributed by atoms with E-state index in [0.717, 1.165) is 33.8 Å². The van der Waals surface area contributed by atoms with Crippen LogP contribution in [0.25, 0.3) is 22.7 Å². The molecule has 0 fully saturated rings. The minimum atomic E-state index is 0.929. The van der Waals surface area contributed by atoms with Gasteiger partial charge in [-0.25, -0.2) is 0 Å². The minimum Gasteiger partial charge on any atom is -0.496 e. The van der Waals surface area contributed by atoms with E-state index in [9.17, 15) is 0 Å². The molecule has 0 amide bonds. The van der Waals surface area contributed by atoms with Crippen LogP contribution in [0, 0.1) is 13.8 Å². The average molecular weight is 320 g/mol. The molecule has 0 saturated carbocycles. The molecule has 0 saturated heterocycles. The molecule has 0 bridgehead atoms. The molecule has 1 aliphatic carbocycles. The van der Waals surface area contributed by atoms with E-state index in [1.54, 1.807) is 14.2 Å². The Kier molecular flexibility index (Phi) is 4.23. The second-order valence-electron chi connectivity index (χ2n) is 6.31. The third-order valence-electron chi connectivity index (χ3n) is 4.87. The number of hydrogen-bond donors (Lipinski definition) is 0. The van der Waals surface area contributed by atoms with Crippen molar-refractivity contribution in [3.8, 4) is 0 Å². The van der Waals surface area contributed by atoms with E-state index in [-0.39, 0.29) is 0 Å². The number of aryl methyl sites for hydroxylation is 2. The topological polar surface area (TPSA) is 18.5 Å². The van der Waals surface area contributed by atoms with Crippen LogP contribution in [-0.4, -0.2) is 14.2 Å². The molecule has 0 unspecified atom stereocenters. The molecule has 0 N–H and O–H groups in total. The molecule has 2 aromatic carbocycles. The Bertz CT molecular complexity index is 796. The van der Waals surface area contributed by atoms with E-state index in [1.807, 2.05) is 0 Å². The quantitative estimate of drug-likeness (QED) is 0.708. The molecule has 0 aromatic heterocycles. The smallest absolute Gasteiger partial charge is 0.130 e. The van der Waals surface area contributed by atoms with Crippen LogP contribution in [-0.2, 0) is 9.47 Å². The van der Waals surface area contributed by atoms with Crippen molar-refractivity contribution in [2.45, 2.75) is 27.7 Å². The van der Waals surface area contributed by atoms with E-state index in [1.165, 1.54) is 22.3 Å². The Morgan fingerprint density at radius 3 is 1.29 bits per heavy atom. The lowest BCUT2D eigenvalue weighted by molar-refractivity contribution is 0.368. The monoisotopic (exact) mass is 320 g/mol. The maximum atomic E-state index is 5.87. The van der Waals surface area contributed by atoms with Crippen molar-refractivity contribution in [2.75, 3.05) is 14.2 Å². The van der Waals surface area contributed by atoms with Gasteiger partial charge >= 0.3 is 0 Å². The average Bonchev–Trinajstić information content (AvgIpc) is 2.55. The molecule has 0 heterocycles. The predicted molar refractivity (Wildman–Crippen MR) is 101 cm³/mol. The van der Waals surface area contributed by atoms with Crippen molar-refractivity contribution in [2.24, 2.45) is 0 Å². The second kappa shape index (κ2) is 6.20. The van der Waals surface area contributed by atoms with E-state index < -0.39 is 0 Å². The van der Waals surface area contributed by atoms with Crippen LogP contribution < -0.4 is 0 Å². The molecule has 2 nitrogen and oxygen atoms in total. The van der Waals surface area contributed by atoms with Crippen LogP contribution in [0.15, 0.2) is 36.4 Å². The first kappa shape index (κ1) is 16.4. The number of methoxy groups -OCH3 is 2. The second-order valence-corrected chi connectivity index (χ2v) is 6.31. The van der Waals surface area contributed by atoms with Crippen LogP contribution in [0.2, 0.25) is 0 Å². The van der Waals surface area contributed by atoms with Gasteiger partial charge in [-0.2, -0.15) is 0 Å². The normalized spacial score (nSPS) is 19.9. The number of benzene rings is 2. The summed E-state index contributed by atoms with van der Waals surface area (Å²) in [5.41, 5.74) is 9.34. The summed E-state index contributed by atoms with van der Waals surface area (Å²) in [6.07, 6.45) is 0. The molecule has 2 heteroatoms. The zero-order valence-electron chi connectivity index (χ0n) is 15.3. The third kappa shape index (κ3) is 2.34. The molecule has 0 aliphatic heterocycles. The zero-order chi connectivity index (χ0) is 17.4. The van der Waals surface area contributed by atoms with E-state index in [2.05, 4.69) is 64.1 Å². The van der Waals surface area contributed by atoms with Crippen LogP contribution in [0.5, 0.6) is 0 Å². The molecule has 1 aliphatic rings. The summed E-state index contributed by atoms with van der Waals surface area (Å²) in [5.74, 6) is 1.86. The van der Waals surface area contributed by atoms with Crippen molar-refractivity contribution in [1.29, 1.82) is 0 Å². The third-order valence-corrected chi connectivity index (χ3v) is 4.87. The van der Waals surface area contributed by atoms with Gasteiger partial charge in [-0.1, -0.05) is 36.4 Å². The Hall–Kier alpha value is -2.48. The molecule has 0 atom stereocenters. The van der Waals surface area contributed by atoms with Crippen LogP contribution in [0.1, 0.15) is 47.2 Å². The Morgan fingerprint density at radius 1 is 0.583 bits per heavy atom. The van der Waals surface area contributed by atoms with Crippen LogP contribution in [0.3, 0.4) is 0 Å². The van der Waals surface area contributed by atoms with E-state index in [0.29, 0.717) is 0 Å². The number of rotatable bonds is 2. The lowest BCUT2D eigenvalue weighted by atomic mass is 9.84. The zero-order valence-corrected chi connectivity index (χ0v) is 15.3. The molecule has 0 spiro atoms. The molecule has 124 valence electrons. The number of allylic oxidation sites excluding steroid dienone is 2. The highest BCUT2D eigenvalue weighted by Gasteiger charge is 2.25. The number of hydrogen-bond acceptors (Lipinski definition) is 2. The fourth-order valence-corrected chi connectivity index (χ4v) is 3.87. The first-order valence-corrected chi connectivity index (χ1v) is 8.21. The highest BCUT2D eigenvalue weighted by molar-refractivity contribution is 6.01. The maximum absolute atomic E-state index is 5.87. The van der Waals surface area contributed by atoms with E-state index in [4.69, 9.17) is 9.47 Å². The van der Waals surface area contributed by atoms with Gasteiger partial charge in [-0.05, 0) is 61.1 Å². The fraction of sp³-hybridized carbons (Fsp3) is 0.273. The molecule has 0 radical (unpaired) electrons. The van der Waals surface area contributed by atoms with Crippen molar-refractivity contribution in [3.05, 3.63) is 69.8 Å². The summed E-state index contributed by atoms with van der Waals surface area (Å²) < 4.78 is 11.7. The highest BCUT2D eigenvalue weighted by Crippen LogP contribution is 2.42. The van der Waals surface area contributed by atoms with Crippen molar-refractivity contribution in [1.82, 2.24) is 0 Å². The van der Waals surface area contributed by atoms with Gasteiger partial charge in [0.25, 0.3) is 0 Å². The standard InChI is InChI=1S/C22H24O2/c1-13-9-7-11-17-19(13)15(3)21(23-5)18-12-8-10-14(2)20(18)16(4)22(17)24-6/h7-12H,1-6H3/b19-15?,20-16?,21-15+,21-18?,22-16+,22-17?. The van der Waals surface area contributed by atoms with Gasteiger partial charge in [0.15, 0.2) is 0 Å². The molecule has 3 rings (SSSR count). The van der Waals surface area contributed by atoms with Crippen LogP contribution in [0.4, 0.5) is 0 Å². The van der Waals surface area contributed by atoms with Gasteiger partial charge in [-0.3, -0.25) is 0 Å². The Morgan fingerprint density at radius 2 is 0.958 bits per heavy atom. The molecular formula is C22H24O2. The summed E-state index contributed by atoms with van der Waals surface area (Å²) in [5, 5.41) is 0. The molecule has 2 aromatic rings. The molecular weight excluding hydrogens is 296 g/mol. The lowest BCUT2D eigenvalue weighted by Gasteiger charge is -2.25. The van der Waals surface area contributed by atoms with Crippen molar-refractivity contribution < 1.29 is 9.47 Å². The predicted octanol–water partition coefficient (Wildman–Crippen LogP) is 5.69. The number of ether oxygens (including phenoxy) is 2. The largest absolute Gasteiger partial charge is 0.496 e. The minimum absolute atomic E-state index is 0.929. The highest BCUT2D eigenvalue weighted by atomic mass is 16.5. The summed E-state index contributed by atoms with van der Waals surface area (Å²) >= 11 is 0. The summed E-state index contributed by atoms with van der Waals surface area (Å²) in [7, 11) is 3.50. The van der Waals surface area contributed by atoms with Gasteiger partial charge in [0.1, 0.15) is 11.5 Å². The van der Waals surface area contributed by atoms with Gasteiger partial charge in [-0.15, -0.1) is 0 Å². The van der Waals surface area contributed by atoms with Crippen LogP contribution >= 0.6 is 0 Å². The van der Waals surface area contributed by atoms with E-state index >= 15 is 0 Å². The van der Waals surface area contributed by atoms with Gasteiger partial charge < -0.3 is 9.47 Å². The Labute approximate surface area is 144 Å². The van der Waals surface area contributed by atoms with Gasteiger partial charge in [0, 0.05) is 11.1 Å². The fourth-order valence-electron chi connectivity index (χ4n) is 3.87.